The normalized spacial score (nSPS) is 11.7. The number of aryl methyl sites for hydroxylation is 1. The first kappa shape index (κ1) is 15.2. The number of carbonyl (C=O) groups excluding carboxylic acids is 1. The number of aromatic nitrogens is 1. The first-order valence-corrected chi connectivity index (χ1v) is 6.25. The van der Waals surface area contributed by atoms with Gasteiger partial charge in [0.05, 0.1) is 29.9 Å². The zero-order valence-electron chi connectivity index (χ0n) is 11.3. The molecule has 1 heterocycles. The van der Waals surface area contributed by atoms with Crippen LogP contribution in [0, 0.1) is 12.7 Å². The minimum absolute atomic E-state index is 0.168. The monoisotopic (exact) mass is 297 g/mol. The number of hydrogen-bond acceptors (Lipinski definition) is 3. The van der Waals surface area contributed by atoms with Gasteiger partial charge in [0.2, 0.25) is 0 Å². The van der Waals surface area contributed by atoms with Crippen molar-refractivity contribution >= 4 is 16.8 Å². The fourth-order valence-corrected chi connectivity index (χ4v) is 1.84. The van der Waals surface area contributed by atoms with Crippen LogP contribution in [0.3, 0.4) is 0 Å². The molecule has 1 aromatic heterocycles. The van der Waals surface area contributed by atoms with E-state index in [1.165, 1.54) is 24.3 Å². The molecule has 2 rings (SSSR count). The second-order valence-electron chi connectivity index (χ2n) is 4.70. The van der Waals surface area contributed by atoms with Gasteiger partial charge in [-0.1, -0.05) is 0 Å². The number of nitrogens with zero attached hydrogens (tertiary/aromatic N) is 1. The number of halogens is 3. The Kier molecular flexibility index (Phi) is 4.13. The van der Waals surface area contributed by atoms with Crippen molar-refractivity contribution in [1.29, 1.82) is 0 Å². The van der Waals surface area contributed by atoms with Crippen molar-refractivity contribution in [3.63, 3.8) is 0 Å². The Morgan fingerprint density at radius 3 is 2.76 bits per heavy atom. The van der Waals surface area contributed by atoms with Crippen LogP contribution in [-0.4, -0.2) is 29.9 Å². The Hall–Kier alpha value is -2.15. The molecule has 3 N–H and O–H groups in total. The van der Waals surface area contributed by atoms with Gasteiger partial charge >= 0.3 is 0 Å². The Labute approximate surface area is 119 Å². The molecule has 0 radical (unpaired) electrons. The van der Waals surface area contributed by atoms with Crippen LogP contribution in [0.15, 0.2) is 24.3 Å². The third-order valence-corrected chi connectivity index (χ3v) is 3.02. The van der Waals surface area contributed by atoms with E-state index in [-0.39, 0.29) is 5.56 Å². The Bertz CT molecular complexity index is 688. The molecule has 112 valence electrons. The van der Waals surface area contributed by atoms with E-state index < -0.39 is 30.7 Å². The number of benzene rings is 1. The minimum Gasteiger partial charge on any atom is -0.346 e. The summed E-state index contributed by atoms with van der Waals surface area (Å²) in [6.07, 6.45) is 0. The number of carbonyl (C=O) groups is 1. The summed E-state index contributed by atoms with van der Waals surface area (Å²) in [6, 6.07) is 5.45. The number of rotatable bonds is 4. The van der Waals surface area contributed by atoms with Crippen molar-refractivity contribution in [2.75, 3.05) is 13.1 Å². The molecule has 0 aliphatic rings. The van der Waals surface area contributed by atoms with Crippen molar-refractivity contribution in [2.24, 2.45) is 5.73 Å². The molecular formula is C14H14F3N3O. The third-order valence-electron chi connectivity index (χ3n) is 3.02. The van der Waals surface area contributed by atoms with Gasteiger partial charge in [0, 0.05) is 11.5 Å². The smallest absolute Gasteiger partial charge is 0.277 e. The lowest BCUT2D eigenvalue weighted by Crippen LogP contribution is -2.41. The van der Waals surface area contributed by atoms with Crippen molar-refractivity contribution in [1.82, 2.24) is 10.3 Å². The molecule has 0 saturated heterocycles. The van der Waals surface area contributed by atoms with Gasteiger partial charge in [-0.25, -0.2) is 13.2 Å². The van der Waals surface area contributed by atoms with Crippen LogP contribution in [0.2, 0.25) is 0 Å². The molecule has 2 aromatic rings. The summed E-state index contributed by atoms with van der Waals surface area (Å²) in [5.74, 6) is -4.26. The topological polar surface area (TPSA) is 68.0 Å². The standard InChI is InChI=1S/C14H14F3N3O/c1-8-11(13(21)19-7-14(16,17)6-18)4-9-2-3-10(15)5-12(9)20-8/h2-5H,6-7,18H2,1H3,(H,19,21). The average Bonchev–Trinajstić information content (AvgIpc) is 2.44. The highest BCUT2D eigenvalue weighted by Gasteiger charge is 2.27. The molecule has 0 saturated carbocycles. The Morgan fingerprint density at radius 2 is 2.10 bits per heavy atom. The molecule has 0 unspecified atom stereocenters. The van der Waals surface area contributed by atoms with E-state index in [0.29, 0.717) is 16.6 Å². The molecule has 0 spiro atoms. The van der Waals surface area contributed by atoms with Crippen molar-refractivity contribution in [2.45, 2.75) is 12.8 Å². The second-order valence-corrected chi connectivity index (χ2v) is 4.70. The van der Waals surface area contributed by atoms with E-state index in [1.54, 1.807) is 6.92 Å². The number of amides is 1. The van der Waals surface area contributed by atoms with Gasteiger partial charge < -0.3 is 11.1 Å². The number of nitrogens with one attached hydrogen (secondary N) is 1. The summed E-state index contributed by atoms with van der Waals surface area (Å²) in [5, 5.41) is 2.68. The maximum absolute atomic E-state index is 13.1. The van der Waals surface area contributed by atoms with E-state index in [0.717, 1.165) is 0 Å². The number of nitrogens with two attached hydrogens (primary N) is 1. The lowest BCUT2D eigenvalue weighted by Gasteiger charge is -2.15. The number of pyridine rings is 1. The van der Waals surface area contributed by atoms with Crippen LogP contribution in [0.4, 0.5) is 13.2 Å². The molecular weight excluding hydrogens is 283 g/mol. The van der Waals surface area contributed by atoms with Crippen LogP contribution in [0.1, 0.15) is 16.1 Å². The second kappa shape index (κ2) is 5.69. The van der Waals surface area contributed by atoms with Crippen molar-refractivity contribution in [3.8, 4) is 0 Å². The van der Waals surface area contributed by atoms with E-state index in [2.05, 4.69) is 10.3 Å². The molecule has 1 aromatic carbocycles. The highest BCUT2D eigenvalue weighted by atomic mass is 19.3. The van der Waals surface area contributed by atoms with Crippen LogP contribution in [-0.2, 0) is 0 Å². The predicted molar refractivity (Wildman–Crippen MR) is 72.8 cm³/mol. The molecule has 0 fully saturated rings. The molecule has 0 atom stereocenters. The third kappa shape index (κ3) is 3.49. The minimum atomic E-state index is -3.16. The maximum Gasteiger partial charge on any atom is 0.277 e. The molecule has 1 amide bonds. The highest BCUT2D eigenvalue weighted by molar-refractivity contribution is 5.98. The Balaban J connectivity index is 2.27. The fourth-order valence-electron chi connectivity index (χ4n) is 1.84. The van der Waals surface area contributed by atoms with Crippen molar-refractivity contribution < 1.29 is 18.0 Å². The fraction of sp³-hybridized carbons (Fsp3) is 0.286. The molecule has 4 nitrogen and oxygen atoms in total. The molecule has 7 heteroatoms. The van der Waals surface area contributed by atoms with Crippen LogP contribution >= 0.6 is 0 Å². The van der Waals surface area contributed by atoms with Gasteiger partial charge in [0.15, 0.2) is 0 Å². The van der Waals surface area contributed by atoms with Gasteiger partial charge in [-0.05, 0) is 25.1 Å². The Morgan fingerprint density at radius 1 is 1.38 bits per heavy atom. The first-order chi connectivity index (χ1) is 9.82. The quantitative estimate of drug-likeness (QED) is 0.907. The summed E-state index contributed by atoms with van der Waals surface area (Å²) in [4.78, 5) is 16.0. The molecule has 0 aliphatic carbocycles. The zero-order valence-corrected chi connectivity index (χ0v) is 11.3. The summed E-state index contributed by atoms with van der Waals surface area (Å²) in [7, 11) is 0. The van der Waals surface area contributed by atoms with Crippen LogP contribution in [0.25, 0.3) is 10.9 Å². The maximum atomic E-state index is 13.1. The van der Waals surface area contributed by atoms with Gasteiger partial charge in [-0.15, -0.1) is 0 Å². The van der Waals surface area contributed by atoms with Gasteiger partial charge in [0.25, 0.3) is 11.8 Å². The number of alkyl halides is 2. The number of hydrogen-bond donors (Lipinski definition) is 2. The van der Waals surface area contributed by atoms with Crippen LogP contribution in [0.5, 0.6) is 0 Å². The SMILES string of the molecule is Cc1nc2cc(F)ccc2cc1C(=O)NCC(F)(F)CN. The predicted octanol–water partition coefficient (Wildman–Crippen LogP) is 2.01. The summed E-state index contributed by atoms with van der Waals surface area (Å²) in [6.45, 7) is -0.134. The lowest BCUT2D eigenvalue weighted by molar-refractivity contribution is 0.0118. The average molecular weight is 297 g/mol. The van der Waals surface area contributed by atoms with Gasteiger partial charge in [-0.2, -0.15) is 0 Å². The largest absolute Gasteiger partial charge is 0.346 e. The first-order valence-electron chi connectivity index (χ1n) is 6.25. The van der Waals surface area contributed by atoms with Crippen molar-refractivity contribution in [3.05, 3.63) is 41.3 Å². The van der Waals surface area contributed by atoms with Crippen LogP contribution < -0.4 is 11.1 Å². The summed E-state index contributed by atoms with van der Waals surface area (Å²) >= 11 is 0. The van der Waals surface area contributed by atoms with E-state index >= 15 is 0 Å². The van der Waals surface area contributed by atoms with E-state index in [4.69, 9.17) is 5.73 Å². The summed E-state index contributed by atoms with van der Waals surface area (Å²) in [5.41, 5.74) is 5.80. The van der Waals surface area contributed by atoms with Gasteiger partial charge in [-0.3, -0.25) is 9.78 Å². The highest BCUT2D eigenvalue weighted by Crippen LogP contribution is 2.18. The molecule has 0 aliphatic heterocycles. The molecule has 21 heavy (non-hydrogen) atoms. The summed E-state index contributed by atoms with van der Waals surface area (Å²) < 4.78 is 39.2. The number of fused-ring (bicyclic) bond motifs is 1. The lowest BCUT2D eigenvalue weighted by atomic mass is 10.1. The van der Waals surface area contributed by atoms with E-state index in [9.17, 15) is 18.0 Å². The van der Waals surface area contributed by atoms with E-state index in [1.807, 2.05) is 0 Å². The molecule has 0 bridgehead atoms. The van der Waals surface area contributed by atoms with Gasteiger partial charge in [0.1, 0.15) is 5.82 Å². The zero-order chi connectivity index (χ0) is 15.6.